The van der Waals surface area contributed by atoms with Gasteiger partial charge in [-0.05, 0) is 29.8 Å². The molecule has 4 rings (SSSR count). The van der Waals surface area contributed by atoms with Crippen molar-refractivity contribution in [1.82, 2.24) is 0 Å². The summed E-state index contributed by atoms with van der Waals surface area (Å²) in [4.78, 5) is 25.5. The SMILES string of the molecule is [2H]C(OC[C@H]1OC(Br)[C@H](OC(=O)c2ccccc2)[C@@H]1OC(=O)c1ccccc1)c1ccccc1. The van der Waals surface area contributed by atoms with Gasteiger partial charge in [-0.25, -0.2) is 9.59 Å². The fraction of sp³-hybridized carbons (Fsp3) is 0.231. The van der Waals surface area contributed by atoms with Gasteiger partial charge in [0.05, 0.1) is 25.7 Å². The molecule has 170 valence electrons. The molecule has 3 aromatic rings. The normalized spacial score (nSPS) is 23.4. The lowest BCUT2D eigenvalue weighted by Gasteiger charge is -2.23. The molecule has 0 amide bonds. The second-order valence-corrected chi connectivity index (χ2v) is 8.26. The van der Waals surface area contributed by atoms with Crippen LogP contribution in [0.5, 0.6) is 0 Å². The predicted octanol–water partition coefficient (Wildman–Crippen LogP) is 4.77. The van der Waals surface area contributed by atoms with Crippen molar-refractivity contribution >= 4 is 27.9 Å². The molecule has 7 heteroatoms. The molecule has 0 bridgehead atoms. The van der Waals surface area contributed by atoms with Crippen molar-refractivity contribution in [2.24, 2.45) is 0 Å². The van der Waals surface area contributed by atoms with Crippen LogP contribution in [0.2, 0.25) is 0 Å². The number of hydrogen-bond acceptors (Lipinski definition) is 6. The molecule has 1 aliphatic rings. The molecule has 1 aliphatic heterocycles. The van der Waals surface area contributed by atoms with Crippen molar-refractivity contribution in [1.29, 1.82) is 0 Å². The lowest BCUT2D eigenvalue weighted by molar-refractivity contribution is -0.0529. The van der Waals surface area contributed by atoms with E-state index in [9.17, 15) is 9.59 Å². The van der Waals surface area contributed by atoms with Crippen LogP contribution in [0, 0.1) is 0 Å². The summed E-state index contributed by atoms with van der Waals surface area (Å²) in [6, 6.07) is 26.1. The van der Waals surface area contributed by atoms with Crippen molar-refractivity contribution in [2.45, 2.75) is 29.9 Å². The van der Waals surface area contributed by atoms with Crippen LogP contribution in [0.15, 0.2) is 91.0 Å². The van der Waals surface area contributed by atoms with Gasteiger partial charge in [-0.1, -0.05) is 82.7 Å². The van der Waals surface area contributed by atoms with Gasteiger partial charge in [-0.15, -0.1) is 0 Å². The van der Waals surface area contributed by atoms with E-state index < -0.39 is 41.8 Å². The van der Waals surface area contributed by atoms with Crippen molar-refractivity contribution < 1.29 is 29.9 Å². The summed E-state index contributed by atoms with van der Waals surface area (Å²) in [5, 5.41) is -0.733. The zero-order valence-electron chi connectivity index (χ0n) is 18.6. The molecule has 3 aromatic carbocycles. The minimum atomic E-state index is -0.951. The third-order valence-corrected chi connectivity index (χ3v) is 5.77. The van der Waals surface area contributed by atoms with E-state index in [4.69, 9.17) is 20.3 Å². The van der Waals surface area contributed by atoms with Crippen molar-refractivity contribution in [3.05, 3.63) is 108 Å². The molecule has 0 aliphatic carbocycles. The molecule has 5 atom stereocenters. The number of ether oxygens (including phenoxy) is 4. The first kappa shape index (κ1) is 21.8. The fourth-order valence-electron chi connectivity index (χ4n) is 3.38. The Morgan fingerprint density at radius 2 is 1.27 bits per heavy atom. The molecule has 33 heavy (non-hydrogen) atoms. The minimum Gasteiger partial charge on any atom is -0.452 e. The molecule has 0 radical (unpaired) electrons. The fourth-order valence-corrected chi connectivity index (χ4v) is 4.07. The lowest BCUT2D eigenvalue weighted by atomic mass is 10.1. The zero-order chi connectivity index (χ0) is 23.9. The van der Waals surface area contributed by atoms with Gasteiger partial charge in [-0.3, -0.25) is 0 Å². The lowest BCUT2D eigenvalue weighted by Crippen LogP contribution is -2.41. The van der Waals surface area contributed by atoms with Gasteiger partial charge >= 0.3 is 11.9 Å². The van der Waals surface area contributed by atoms with Crippen LogP contribution in [0.4, 0.5) is 0 Å². The Morgan fingerprint density at radius 1 is 0.788 bits per heavy atom. The molecule has 0 N–H and O–H groups in total. The van der Waals surface area contributed by atoms with Crippen LogP contribution in [-0.4, -0.2) is 41.9 Å². The highest BCUT2D eigenvalue weighted by atomic mass is 79.9. The van der Waals surface area contributed by atoms with Crippen LogP contribution < -0.4 is 0 Å². The van der Waals surface area contributed by atoms with E-state index in [0.717, 1.165) is 0 Å². The van der Waals surface area contributed by atoms with Crippen molar-refractivity contribution in [2.75, 3.05) is 6.61 Å². The summed E-state index contributed by atoms with van der Waals surface area (Å²) in [5.74, 6) is -1.14. The molecule has 0 saturated carbocycles. The number of alkyl halides is 1. The van der Waals surface area contributed by atoms with Crippen molar-refractivity contribution in [3.63, 3.8) is 0 Å². The Hall–Kier alpha value is -3.00. The van der Waals surface area contributed by atoms with Crippen LogP contribution >= 0.6 is 15.9 Å². The van der Waals surface area contributed by atoms with Gasteiger partial charge in [0.1, 0.15) is 6.10 Å². The standard InChI is InChI=1S/C26H23BrO6/c27-24-23(33-26(29)20-14-8-3-9-15-20)22(32-25(28)19-12-6-2-7-13-19)21(31-24)17-30-16-18-10-4-1-5-11-18/h1-15,21-24H,16-17H2/t21-,22-,23-,24?/m1/s1/i16D/t16?,21-,22-,23-,24?. The Morgan fingerprint density at radius 3 is 1.82 bits per heavy atom. The van der Waals surface area contributed by atoms with E-state index in [1.807, 2.05) is 18.2 Å². The molecular formula is C26H23BrO6. The van der Waals surface area contributed by atoms with Gasteiger partial charge in [0, 0.05) is 0 Å². The largest absolute Gasteiger partial charge is 0.452 e. The summed E-state index contributed by atoms with van der Waals surface area (Å²) in [6.45, 7) is -0.993. The van der Waals surface area contributed by atoms with Gasteiger partial charge in [0.25, 0.3) is 0 Å². The molecule has 1 heterocycles. The predicted molar refractivity (Wildman–Crippen MR) is 125 cm³/mol. The van der Waals surface area contributed by atoms with Crippen LogP contribution in [0.3, 0.4) is 0 Å². The Bertz CT molecular complexity index is 1080. The molecule has 1 fully saturated rings. The second kappa shape index (κ2) is 11.2. The van der Waals surface area contributed by atoms with Crippen LogP contribution in [0.25, 0.3) is 0 Å². The highest BCUT2D eigenvalue weighted by molar-refractivity contribution is 9.09. The van der Waals surface area contributed by atoms with E-state index in [1.54, 1.807) is 72.8 Å². The highest BCUT2D eigenvalue weighted by Crippen LogP contribution is 2.32. The van der Waals surface area contributed by atoms with Gasteiger partial charge in [-0.2, -0.15) is 0 Å². The quantitative estimate of drug-likeness (QED) is 0.320. The van der Waals surface area contributed by atoms with Gasteiger partial charge in [0.15, 0.2) is 17.2 Å². The van der Waals surface area contributed by atoms with E-state index >= 15 is 0 Å². The number of benzene rings is 3. The smallest absolute Gasteiger partial charge is 0.338 e. The first-order chi connectivity index (χ1) is 16.5. The molecule has 0 aromatic heterocycles. The first-order valence-corrected chi connectivity index (χ1v) is 11.3. The van der Waals surface area contributed by atoms with E-state index in [1.165, 1.54) is 0 Å². The number of esters is 2. The summed E-state index contributed by atoms with van der Waals surface area (Å²) < 4.78 is 31.3. The number of halogens is 1. The highest BCUT2D eigenvalue weighted by Gasteiger charge is 2.49. The Kier molecular flexibility index (Phi) is 7.43. The van der Waals surface area contributed by atoms with Gasteiger partial charge in [0.2, 0.25) is 0 Å². The first-order valence-electron chi connectivity index (χ1n) is 11.0. The molecular weight excluding hydrogens is 488 g/mol. The van der Waals surface area contributed by atoms with Crippen molar-refractivity contribution in [3.8, 4) is 0 Å². The number of hydrogen-bond donors (Lipinski definition) is 0. The van der Waals surface area contributed by atoms with Crippen LogP contribution in [-0.2, 0) is 25.5 Å². The average molecular weight is 512 g/mol. The number of carbonyl (C=O) groups excluding carboxylic acids is 2. The molecule has 1 saturated heterocycles. The third-order valence-electron chi connectivity index (χ3n) is 5.04. The Balaban J connectivity index is 1.50. The summed E-state index contributed by atoms with van der Waals surface area (Å²) in [6.07, 6.45) is -2.63. The summed E-state index contributed by atoms with van der Waals surface area (Å²) >= 11 is 3.39. The summed E-state index contributed by atoms with van der Waals surface area (Å²) in [5.41, 5.74) is 1.40. The maximum absolute atomic E-state index is 12.8. The third kappa shape index (κ3) is 6.07. The minimum absolute atomic E-state index is 0.0444. The van der Waals surface area contributed by atoms with Gasteiger partial charge < -0.3 is 18.9 Å². The van der Waals surface area contributed by atoms with E-state index in [2.05, 4.69) is 15.9 Å². The molecule has 2 unspecified atom stereocenters. The summed E-state index contributed by atoms with van der Waals surface area (Å²) in [7, 11) is 0. The van der Waals surface area contributed by atoms with E-state index in [-0.39, 0.29) is 6.61 Å². The number of carbonyl (C=O) groups is 2. The average Bonchev–Trinajstić information content (AvgIpc) is 3.17. The zero-order valence-corrected chi connectivity index (χ0v) is 19.2. The maximum atomic E-state index is 12.8. The Labute approximate surface area is 202 Å². The monoisotopic (exact) mass is 511 g/mol. The van der Waals surface area contributed by atoms with E-state index in [0.29, 0.717) is 16.7 Å². The topological polar surface area (TPSA) is 71.1 Å². The molecule has 6 nitrogen and oxygen atoms in total. The molecule has 0 spiro atoms. The van der Waals surface area contributed by atoms with Crippen LogP contribution in [0.1, 0.15) is 27.7 Å². The maximum Gasteiger partial charge on any atom is 0.338 e. The number of rotatable bonds is 8. The second-order valence-electron chi connectivity index (χ2n) is 7.36.